The average Bonchev–Trinajstić information content (AvgIpc) is 2.41. The molecular weight excluding hydrogens is 250 g/mol. The minimum Gasteiger partial charge on any atom is -0.458 e. The topological polar surface area (TPSA) is 86.5 Å². The third-order valence-corrected chi connectivity index (χ3v) is 2.80. The van der Waals surface area contributed by atoms with E-state index in [1.807, 2.05) is 0 Å². The van der Waals surface area contributed by atoms with E-state index in [-0.39, 0.29) is 18.1 Å². The van der Waals surface area contributed by atoms with Gasteiger partial charge >= 0.3 is 5.97 Å². The lowest BCUT2D eigenvalue weighted by molar-refractivity contribution is -0.384. The molecule has 0 saturated heterocycles. The van der Waals surface area contributed by atoms with Crippen LogP contribution < -0.4 is 0 Å². The van der Waals surface area contributed by atoms with Crippen molar-refractivity contribution in [3.8, 4) is 0 Å². The molecule has 0 amide bonds. The molecular formula is C13H11NO5. The second kappa shape index (κ2) is 5.43. The second-order valence-corrected chi connectivity index (χ2v) is 4.12. The zero-order valence-corrected chi connectivity index (χ0v) is 10.00. The standard InChI is InChI=1S/C13H11NO5/c15-12-6-3-10(12)7-13(16)19-8-9-1-4-11(5-2-9)14(17)18/h1-2,4-5,7H,3,6,8H2/b10-7-. The maximum Gasteiger partial charge on any atom is 0.331 e. The van der Waals surface area contributed by atoms with Gasteiger partial charge in [0.05, 0.1) is 4.92 Å². The number of rotatable bonds is 4. The summed E-state index contributed by atoms with van der Waals surface area (Å²) in [6, 6.07) is 5.73. The van der Waals surface area contributed by atoms with Gasteiger partial charge in [0.15, 0.2) is 5.78 Å². The van der Waals surface area contributed by atoms with Gasteiger partial charge in [0, 0.05) is 30.2 Å². The number of carbonyl (C=O) groups is 2. The predicted molar refractivity (Wildman–Crippen MR) is 65.2 cm³/mol. The SMILES string of the molecule is O=C(/C=C1/CCC1=O)OCc1ccc([N+](=O)[O-])cc1. The lowest BCUT2D eigenvalue weighted by Crippen LogP contribution is -2.16. The highest BCUT2D eigenvalue weighted by atomic mass is 16.6. The van der Waals surface area contributed by atoms with Crippen molar-refractivity contribution in [1.82, 2.24) is 0 Å². The van der Waals surface area contributed by atoms with Gasteiger partial charge in [-0.3, -0.25) is 14.9 Å². The van der Waals surface area contributed by atoms with E-state index in [9.17, 15) is 19.7 Å². The smallest absolute Gasteiger partial charge is 0.331 e. The van der Waals surface area contributed by atoms with Gasteiger partial charge in [0.1, 0.15) is 6.61 Å². The summed E-state index contributed by atoms with van der Waals surface area (Å²) in [6.07, 6.45) is 2.31. The number of non-ortho nitro benzene ring substituents is 1. The second-order valence-electron chi connectivity index (χ2n) is 4.12. The Bertz CT molecular complexity index is 559. The Labute approximate surface area is 108 Å². The fourth-order valence-corrected chi connectivity index (χ4v) is 1.58. The number of ether oxygens (including phenoxy) is 1. The van der Waals surface area contributed by atoms with Gasteiger partial charge in [-0.15, -0.1) is 0 Å². The van der Waals surface area contributed by atoms with Crippen LogP contribution in [0, 0.1) is 10.1 Å². The number of allylic oxidation sites excluding steroid dienone is 1. The molecule has 2 rings (SSSR count). The van der Waals surface area contributed by atoms with Crippen LogP contribution in [-0.2, 0) is 20.9 Å². The molecule has 0 unspecified atom stereocenters. The van der Waals surface area contributed by atoms with E-state index in [0.29, 0.717) is 24.0 Å². The average molecular weight is 261 g/mol. The summed E-state index contributed by atoms with van der Waals surface area (Å²) in [6.45, 7) is 0.0226. The first-order valence-electron chi connectivity index (χ1n) is 5.70. The number of benzene rings is 1. The van der Waals surface area contributed by atoms with Crippen molar-refractivity contribution in [2.75, 3.05) is 0 Å². The Morgan fingerprint density at radius 3 is 2.47 bits per heavy atom. The Balaban J connectivity index is 1.88. The number of nitro groups is 1. The first kappa shape index (κ1) is 12.9. The molecule has 0 spiro atoms. The van der Waals surface area contributed by atoms with Gasteiger partial charge in [-0.1, -0.05) is 0 Å². The van der Waals surface area contributed by atoms with Crippen molar-refractivity contribution >= 4 is 17.4 Å². The third kappa shape index (κ3) is 3.25. The number of esters is 1. The molecule has 0 aliphatic heterocycles. The molecule has 0 bridgehead atoms. The minimum absolute atomic E-state index is 0.0164. The van der Waals surface area contributed by atoms with Crippen molar-refractivity contribution in [1.29, 1.82) is 0 Å². The highest BCUT2D eigenvalue weighted by Crippen LogP contribution is 2.21. The van der Waals surface area contributed by atoms with Crippen LogP contribution in [0.4, 0.5) is 5.69 Å². The van der Waals surface area contributed by atoms with Crippen LogP contribution in [0.3, 0.4) is 0 Å². The molecule has 1 aliphatic rings. The molecule has 1 aliphatic carbocycles. The minimum atomic E-state index is -0.568. The van der Waals surface area contributed by atoms with Gasteiger partial charge in [-0.2, -0.15) is 0 Å². The van der Waals surface area contributed by atoms with Crippen molar-refractivity contribution in [2.24, 2.45) is 0 Å². The lowest BCUT2D eigenvalue weighted by atomic mass is 9.90. The molecule has 6 nitrogen and oxygen atoms in total. The highest BCUT2D eigenvalue weighted by molar-refractivity contribution is 6.05. The summed E-state index contributed by atoms with van der Waals surface area (Å²) in [5.41, 5.74) is 1.13. The first-order valence-corrected chi connectivity index (χ1v) is 5.70. The number of Topliss-reactive ketones (excluding diaryl/α,β-unsaturated/α-hetero) is 1. The van der Waals surface area contributed by atoms with E-state index in [4.69, 9.17) is 4.74 Å². The summed E-state index contributed by atoms with van der Waals surface area (Å²) in [7, 11) is 0. The first-order chi connectivity index (χ1) is 9.06. The fraction of sp³-hybridized carbons (Fsp3) is 0.231. The van der Waals surface area contributed by atoms with Gasteiger partial charge in [-0.05, 0) is 24.1 Å². The number of hydrogen-bond acceptors (Lipinski definition) is 5. The van der Waals surface area contributed by atoms with Crippen molar-refractivity contribution in [3.05, 3.63) is 51.6 Å². The van der Waals surface area contributed by atoms with Gasteiger partial charge in [-0.25, -0.2) is 4.79 Å². The van der Waals surface area contributed by atoms with Crippen LogP contribution in [0.1, 0.15) is 18.4 Å². The Morgan fingerprint density at radius 2 is 2.00 bits per heavy atom. The molecule has 0 N–H and O–H groups in total. The third-order valence-electron chi connectivity index (χ3n) is 2.80. The highest BCUT2D eigenvalue weighted by Gasteiger charge is 2.21. The van der Waals surface area contributed by atoms with Crippen LogP contribution in [0.15, 0.2) is 35.9 Å². The largest absolute Gasteiger partial charge is 0.458 e. The van der Waals surface area contributed by atoms with E-state index in [1.54, 1.807) is 0 Å². The van der Waals surface area contributed by atoms with Crippen molar-refractivity contribution in [3.63, 3.8) is 0 Å². The molecule has 6 heteroatoms. The summed E-state index contributed by atoms with van der Waals surface area (Å²) in [4.78, 5) is 32.3. The van der Waals surface area contributed by atoms with Crippen LogP contribution in [0.2, 0.25) is 0 Å². The molecule has 1 aromatic rings. The maximum atomic E-state index is 11.4. The van der Waals surface area contributed by atoms with Crippen LogP contribution in [0.25, 0.3) is 0 Å². The molecule has 98 valence electrons. The maximum absolute atomic E-state index is 11.4. The number of ketones is 1. The summed E-state index contributed by atoms with van der Waals surface area (Å²) in [5, 5.41) is 10.5. The quantitative estimate of drug-likeness (QED) is 0.357. The number of carbonyl (C=O) groups excluding carboxylic acids is 2. The molecule has 1 fully saturated rings. The molecule has 19 heavy (non-hydrogen) atoms. The van der Waals surface area contributed by atoms with E-state index in [1.165, 1.54) is 30.3 Å². The Morgan fingerprint density at radius 1 is 1.32 bits per heavy atom. The molecule has 1 aromatic carbocycles. The zero-order valence-electron chi connectivity index (χ0n) is 10.00. The molecule has 0 atom stereocenters. The van der Waals surface area contributed by atoms with Crippen LogP contribution in [-0.4, -0.2) is 16.7 Å². The predicted octanol–water partition coefficient (Wildman–Crippen LogP) is 1.93. The molecule has 0 aromatic heterocycles. The van der Waals surface area contributed by atoms with Gasteiger partial charge in [0.2, 0.25) is 0 Å². The van der Waals surface area contributed by atoms with Crippen molar-refractivity contribution in [2.45, 2.75) is 19.4 Å². The molecule has 0 heterocycles. The Kier molecular flexibility index (Phi) is 3.70. The zero-order chi connectivity index (χ0) is 13.8. The number of hydrogen-bond donors (Lipinski definition) is 0. The van der Waals surface area contributed by atoms with E-state index in [0.717, 1.165) is 0 Å². The van der Waals surface area contributed by atoms with Crippen LogP contribution in [0.5, 0.6) is 0 Å². The summed E-state index contributed by atoms with van der Waals surface area (Å²) >= 11 is 0. The van der Waals surface area contributed by atoms with E-state index >= 15 is 0 Å². The normalized spacial score (nSPS) is 16.0. The molecule has 0 radical (unpaired) electrons. The number of nitrogens with zero attached hydrogens (tertiary/aromatic N) is 1. The van der Waals surface area contributed by atoms with Gasteiger partial charge < -0.3 is 4.74 Å². The fourth-order valence-electron chi connectivity index (χ4n) is 1.58. The number of nitro benzene ring substituents is 1. The lowest BCUT2D eigenvalue weighted by Gasteiger charge is -2.13. The van der Waals surface area contributed by atoms with E-state index < -0.39 is 10.9 Å². The Hall–Kier alpha value is -2.50. The monoisotopic (exact) mass is 261 g/mol. The van der Waals surface area contributed by atoms with E-state index in [2.05, 4.69) is 0 Å². The van der Waals surface area contributed by atoms with Crippen molar-refractivity contribution < 1.29 is 19.2 Å². The van der Waals surface area contributed by atoms with Gasteiger partial charge in [0.25, 0.3) is 5.69 Å². The molecule has 1 saturated carbocycles. The van der Waals surface area contributed by atoms with Crippen LogP contribution >= 0.6 is 0 Å². The summed E-state index contributed by atoms with van der Waals surface area (Å²) < 4.78 is 4.95. The summed E-state index contributed by atoms with van der Waals surface area (Å²) in [5.74, 6) is -0.589.